The second-order valence-corrected chi connectivity index (χ2v) is 4.95. The van der Waals surface area contributed by atoms with Gasteiger partial charge in [-0.25, -0.2) is 0 Å². The average Bonchev–Trinajstić information content (AvgIpc) is 2.44. The zero-order valence-electron chi connectivity index (χ0n) is 11.3. The number of nitrogens with zero attached hydrogens (tertiary/aromatic N) is 1. The number of amides is 1. The number of para-hydroxylation sites is 1. The molecule has 1 heterocycles. The summed E-state index contributed by atoms with van der Waals surface area (Å²) in [7, 11) is 0. The van der Waals surface area contributed by atoms with Crippen molar-refractivity contribution in [3.63, 3.8) is 0 Å². The fourth-order valence-electron chi connectivity index (χ4n) is 2.33. The Morgan fingerprint density at radius 3 is 2.70 bits per heavy atom. The van der Waals surface area contributed by atoms with E-state index in [0.29, 0.717) is 23.7 Å². The van der Waals surface area contributed by atoms with Crippen LogP contribution in [0.2, 0.25) is 0 Å². The Bertz CT molecular complexity index is 650. The summed E-state index contributed by atoms with van der Waals surface area (Å²) in [6, 6.07) is 13.6. The number of aryl methyl sites for hydroxylation is 1. The van der Waals surface area contributed by atoms with Gasteiger partial charge in [0.15, 0.2) is 6.61 Å². The number of hydrogen-bond acceptors (Lipinski definition) is 3. The molecule has 2 aromatic rings. The van der Waals surface area contributed by atoms with Gasteiger partial charge in [-0.05, 0) is 24.6 Å². The molecule has 2 aromatic carbocycles. The monoisotopic (exact) mass is 268 g/mol. The summed E-state index contributed by atoms with van der Waals surface area (Å²) in [5.41, 5.74) is 9.49. The molecule has 1 aliphatic rings. The Kier molecular flexibility index (Phi) is 3.06. The summed E-state index contributed by atoms with van der Waals surface area (Å²) < 4.78 is 5.43. The van der Waals surface area contributed by atoms with Crippen molar-refractivity contribution in [3.05, 3.63) is 53.6 Å². The van der Waals surface area contributed by atoms with Crippen molar-refractivity contribution in [2.75, 3.05) is 17.2 Å². The number of anilines is 2. The van der Waals surface area contributed by atoms with E-state index >= 15 is 0 Å². The number of carbonyl (C=O) groups is 1. The Morgan fingerprint density at radius 2 is 1.95 bits per heavy atom. The van der Waals surface area contributed by atoms with E-state index in [0.717, 1.165) is 5.56 Å². The summed E-state index contributed by atoms with van der Waals surface area (Å²) in [5, 5.41) is 0. The molecule has 0 spiro atoms. The molecule has 0 aromatic heterocycles. The molecule has 0 bridgehead atoms. The number of nitrogen functional groups attached to an aromatic ring is 1. The Balaban J connectivity index is 1.97. The fourth-order valence-corrected chi connectivity index (χ4v) is 2.33. The molecule has 3 rings (SSSR count). The smallest absolute Gasteiger partial charge is 0.265 e. The van der Waals surface area contributed by atoms with Crippen molar-refractivity contribution in [2.24, 2.45) is 0 Å². The van der Waals surface area contributed by atoms with E-state index in [4.69, 9.17) is 10.5 Å². The lowest BCUT2D eigenvalue weighted by Crippen LogP contribution is -2.38. The van der Waals surface area contributed by atoms with Gasteiger partial charge < -0.3 is 10.5 Å². The molecule has 0 unspecified atom stereocenters. The number of carbonyl (C=O) groups excluding carboxylic acids is 1. The van der Waals surface area contributed by atoms with Crippen molar-refractivity contribution in [1.29, 1.82) is 0 Å². The second kappa shape index (κ2) is 4.89. The van der Waals surface area contributed by atoms with Gasteiger partial charge in [0, 0.05) is 0 Å². The first kappa shape index (κ1) is 12.5. The molecule has 0 fully saturated rings. The number of rotatable bonds is 2. The first-order valence-corrected chi connectivity index (χ1v) is 6.52. The van der Waals surface area contributed by atoms with Gasteiger partial charge in [-0.2, -0.15) is 0 Å². The molecular formula is C16H16N2O2. The normalized spacial score (nSPS) is 13.8. The molecule has 0 aliphatic carbocycles. The standard InChI is InChI=1S/C16H16N2O2/c1-11-5-7-12(8-6-11)9-18-15(19)10-20-14-4-2-3-13(17)16(14)18/h2-8H,9-10,17H2,1H3. The molecule has 2 N–H and O–H groups in total. The van der Waals surface area contributed by atoms with Crippen molar-refractivity contribution in [2.45, 2.75) is 13.5 Å². The van der Waals surface area contributed by atoms with Crippen LogP contribution in [0.25, 0.3) is 0 Å². The van der Waals surface area contributed by atoms with Gasteiger partial charge in [0.2, 0.25) is 0 Å². The maximum atomic E-state index is 12.1. The first-order valence-electron chi connectivity index (χ1n) is 6.52. The third-order valence-corrected chi connectivity index (χ3v) is 3.41. The van der Waals surface area contributed by atoms with Crippen LogP contribution >= 0.6 is 0 Å². The summed E-state index contributed by atoms with van der Waals surface area (Å²) >= 11 is 0. The fraction of sp³-hybridized carbons (Fsp3) is 0.188. The molecule has 0 atom stereocenters. The third kappa shape index (κ3) is 2.20. The molecule has 1 amide bonds. The highest BCUT2D eigenvalue weighted by atomic mass is 16.5. The average molecular weight is 268 g/mol. The summed E-state index contributed by atoms with van der Waals surface area (Å²) in [6.45, 7) is 2.60. The number of benzene rings is 2. The summed E-state index contributed by atoms with van der Waals surface area (Å²) in [6.07, 6.45) is 0. The van der Waals surface area contributed by atoms with Crippen LogP contribution in [0.15, 0.2) is 42.5 Å². The van der Waals surface area contributed by atoms with Crippen molar-refractivity contribution in [1.82, 2.24) is 0 Å². The minimum atomic E-state index is -0.0732. The van der Waals surface area contributed by atoms with Crippen LogP contribution < -0.4 is 15.4 Å². The highest BCUT2D eigenvalue weighted by Crippen LogP contribution is 2.37. The van der Waals surface area contributed by atoms with Crippen LogP contribution in [0, 0.1) is 6.92 Å². The maximum absolute atomic E-state index is 12.1. The maximum Gasteiger partial charge on any atom is 0.265 e. The van der Waals surface area contributed by atoms with Crippen LogP contribution in [0.3, 0.4) is 0 Å². The van der Waals surface area contributed by atoms with Crippen LogP contribution in [0.5, 0.6) is 5.75 Å². The van der Waals surface area contributed by atoms with Crippen LogP contribution in [0.4, 0.5) is 11.4 Å². The minimum Gasteiger partial charge on any atom is -0.481 e. The first-order chi connectivity index (χ1) is 9.65. The van der Waals surface area contributed by atoms with E-state index in [1.54, 1.807) is 11.0 Å². The molecule has 4 heteroatoms. The number of ether oxygens (including phenoxy) is 1. The Morgan fingerprint density at radius 1 is 1.20 bits per heavy atom. The second-order valence-electron chi connectivity index (χ2n) is 4.95. The number of hydrogen-bond donors (Lipinski definition) is 1. The number of nitrogens with two attached hydrogens (primary N) is 1. The molecule has 0 radical (unpaired) electrons. The van der Waals surface area contributed by atoms with Crippen LogP contribution in [0.1, 0.15) is 11.1 Å². The van der Waals surface area contributed by atoms with E-state index in [-0.39, 0.29) is 12.5 Å². The predicted molar refractivity (Wildman–Crippen MR) is 78.7 cm³/mol. The number of fused-ring (bicyclic) bond motifs is 1. The minimum absolute atomic E-state index is 0.0579. The molecule has 1 aliphatic heterocycles. The lowest BCUT2D eigenvalue weighted by molar-refractivity contribution is -0.121. The third-order valence-electron chi connectivity index (χ3n) is 3.41. The largest absolute Gasteiger partial charge is 0.481 e. The zero-order chi connectivity index (χ0) is 14.1. The van der Waals surface area contributed by atoms with E-state index in [2.05, 4.69) is 0 Å². The van der Waals surface area contributed by atoms with E-state index < -0.39 is 0 Å². The summed E-state index contributed by atoms with van der Waals surface area (Å²) in [5.74, 6) is 0.590. The van der Waals surface area contributed by atoms with Gasteiger partial charge in [-0.1, -0.05) is 35.9 Å². The van der Waals surface area contributed by atoms with Crippen LogP contribution in [-0.4, -0.2) is 12.5 Å². The Labute approximate surface area is 117 Å². The van der Waals surface area contributed by atoms with E-state index in [9.17, 15) is 4.79 Å². The quantitative estimate of drug-likeness (QED) is 0.851. The van der Waals surface area contributed by atoms with Gasteiger partial charge >= 0.3 is 0 Å². The van der Waals surface area contributed by atoms with E-state index in [1.165, 1.54) is 5.56 Å². The molecule has 20 heavy (non-hydrogen) atoms. The predicted octanol–water partition coefficient (Wildman–Crippen LogP) is 2.50. The zero-order valence-corrected chi connectivity index (χ0v) is 11.3. The van der Waals surface area contributed by atoms with Gasteiger partial charge in [-0.3, -0.25) is 9.69 Å². The van der Waals surface area contributed by atoms with Crippen LogP contribution in [-0.2, 0) is 11.3 Å². The van der Waals surface area contributed by atoms with Gasteiger partial charge in [0.05, 0.1) is 12.2 Å². The van der Waals surface area contributed by atoms with E-state index in [1.807, 2.05) is 43.3 Å². The lowest BCUT2D eigenvalue weighted by Gasteiger charge is -2.30. The van der Waals surface area contributed by atoms with Gasteiger partial charge in [0.25, 0.3) is 5.91 Å². The van der Waals surface area contributed by atoms with Gasteiger partial charge in [0.1, 0.15) is 11.4 Å². The van der Waals surface area contributed by atoms with Crippen molar-refractivity contribution < 1.29 is 9.53 Å². The van der Waals surface area contributed by atoms with Crippen molar-refractivity contribution in [3.8, 4) is 5.75 Å². The highest BCUT2D eigenvalue weighted by molar-refractivity contribution is 6.01. The Hall–Kier alpha value is -2.49. The highest BCUT2D eigenvalue weighted by Gasteiger charge is 2.27. The lowest BCUT2D eigenvalue weighted by atomic mass is 10.1. The molecule has 102 valence electrons. The molecular weight excluding hydrogens is 252 g/mol. The summed E-state index contributed by atoms with van der Waals surface area (Å²) in [4.78, 5) is 13.8. The topological polar surface area (TPSA) is 55.6 Å². The SMILES string of the molecule is Cc1ccc(CN2C(=O)COc3cccc(N)c32)cc1. The molecule has 4 nitrogen and oxygen atoms in total. The molecule has 0 saturated carbocycles. The van der Waals surface area contributed by atoms with Gasteiger partial charge in [-0.15, -0.1) is 0 Å². The van der Waals surface area contributed by atoms with Crippen molar-refractivity contribution >= 4 is 17.3 Å². The molecule has 0 saturated heterocycles.